The van der Waals surface area contributed by atoms with Crippen molar-refractivity contribution in [2.24, 2.45) is 0 Å². The minimum Gasteiger partial charge on any atom is -0.508 e. The van der Waals surface area contributed by atoms with E-state index in [0.717, 1.165) is 11.8 Å². The van der Waals surface area contributed by atoms with Gasteiger partial charge in [-0.1, -0.05) is 29.5 Å². The number of phenolic OH excluding ortho intramolecular Hbond substituents is 1. The Morgan fingerprint density at radius 3 is 2.79 bits per heavy atom. The largest absolute Gasteiger partial charge is 0.508 e. The van der Waals surface area contributed by atoms with E-state index in [1.165, 1.54) is 17.4 Å². The fraction of sp³-hybridized carbons (Fsp3) is 0.222. The van der Waals surface area contributed by atoms with Crippen molar-refractivity contribution < 1.29 is 18.3 Å². The standard InChI is InChI=1S/C18H18N4O4S2/c1-28(25,26)10-6-7-12-16(8-10)27-18(19-12)20-17(24)14-9-13(21-22-14)11-4-2-3-5-15(11)23/h2-8,13-14,21-23H,9H2,1H3,(H,19,20,24). The summed E-state index contributed by atoms with van der Waals surface area (Å²) in [5, 5.41) is 13.1. The molecule has 0 aliphatic carbocycles. The van der Waals surface area contributed by atoms with Crippen LogP contribution in [0.15, 0.2) is 47.4 Å². The first kappa shape index (κ1) is 18.8. The highest BCUT2D eigenvalue weighted by molar-refractivity contribution is 7.90. The van der Waals surface area contributed by atoms with E-state index in [2.05, 4.69) is 21.2 Å². The van der Waals surface area contributed by atoms with Gasteiger partial charge in [-0.05, 0) is 30.7 Å². The number of anilines is 1. The maximum Gasteiger partial charge on any atom is 0.244 e. The second-order valence-corrected chi connectivity index (χ2v) is 9.64. The third-order valence-corrected chi connectivity index (χ3v) is 6.59. The average Bonchev–Trinajstić information content (AvgIpc) is 3.27. The average molecular weight is 419 g/mol. The lowest BCUT2D eigenvalue weighted by Gasteiger charge is -2.11. The number of fused-ring (bicyclic) bond motifs is 1. The summed E-state index contributed by atoms with van der Waals surface area (Å²) in [6.07, 6.45) is 1.62. The molecular weight excluding hydrogens is 400 g/mol. The molecule has 1 fully saturated rings. The lowest BCUT2D eigenvalue weighted by atomic mass is 10.0. The molecule has 2 heterocycles. The zero-order valence-electron chi connectivity index (χ0n) is 14.8. The molecule has 0 radical (unpaired) electrons. The van der Waals surface area contributed by atoms with E-state index in [9.17, 15) is 18.3 Å². The topological polar surface area (TPSA) is 120 Å². The number of amides is 1. The van der Waals surface area contributed by atoms with E-state index < -0.39 is 15.9 Å². The molecule has 8 nitrogen and oxygen atoms in total. The van der Waals surface area contributed by atoms with Gasteiger partial charge in [0.2, 0.25) is 5.91 Å². The van der Waals surface area contributed by atoms with Crippen molar-refractivity contribution in [3.63, 3.8) is 0 Å². The molecule has 10 heteroatoms. The van der Waals surface area contributed by atoms with Crippen LogP contribution in [0.4, 0.5) is 5.13 Å². The Morgan fingerprint density at radius 2 is 2.04 bits per heavy atom. The molecule has 1 aliphatic heterocycles. The van der Waals surface area contributed by atoms with Gasteiger partial charge in [0.1, 0.15) is 11.8 Å². The highest BCUT2D eigenvalue weighted by Crippen LogP contribution is 2.31. The number of benzene rings is 2. The fourth-order valence-electron chi connectivity index (χ4n) is 3.10. The molecule has 0 saturated carbocycles. The van der Waals surface area contributed by atoms with Crippen LogP contribution < -0.4 is 16.2 Å². The van der Waals surface area contributed by atoms with Crippen LogP contribution in [0.2, 0.25) is 0 Å². The Morgan fingerprint density at radius 1 is 1.25 bits per heavy atom. The Balaban J connectivity index is 1.47. The Bertz CT molecular complexity index is 1160. The van der Waals surface area contributed by atoms with Crippen molar-refractivity contribution in [2.75, 3.05) is 11.6 Å². The number of rotatable bonds is 4. The number of aromatic hydroxyl groups is 1. The number of sulfone groups is 1. The van der Waals surface area contributed by atoms with Gasteiger partial charge in [-0.25, -0.2) is 24.3 Å². The summed E-state index contributed by atoms with van der Waals surface area (Å²) < 4.78 is 24.1. The molecule has 1 aromatic heterocycles. The van der Waals surface area contributed by atoms with Crippen LogP contribution in [0.5, 0.6) is 5.75 Å². The first-order chi connectivity index (χ1) is 13.3. The normalized spacial score (nSPS) is 19.8. The van der Waals surface area contributed by atoms with Gasteiger partial charge in [0, 0.05) is 11.8 Å². The molecule has 2 unspecified atom stereocenters. The molecule has 1 aliphatic rings. The van der Waals surface area contributed by atoms with Gasteiger partial charge in [-0.15, -0.1) is 0 Å². The Kier molecular flexibility index (Phi) is 4.79. The predicted octanol–water partition coefficient (Wildman–Crippen LogP) is 1.95. The predicted molar refractivity (Wildman–Crippen MR) is 107 cm³/mol. The van der Waals surface area contributed by atoms with E-state index in [4.69, 9.17) is 0 Å². The van der Waals surface area contributed by atoms with Gasteiger partial charge in [0.25, 0.3) is 0 Å². The number of thiazole rings is 1. The molecule has 0 spiro atoms. The van der Waals surface area contributed by atoms with E-state index >= 15 is 0 Å². The summed E-state index contributed by atoms with van der Waals surface area (Å²) in [4.78, 5) is 17.1. The first-order valence-corrected chi connectivity index (χ1v) is 11.2. The molecule has 28 heavy (non-hydrogen) atoms. The summed E-state index contributed by atoms with van der Waals surface area (Å²) in [5.41, 5.74) is 7.31. The quantitative estimate of drug-likeness (QED) is 0.511. The summed E-state index contributed by atoms with van der Waals surface area (Å²) in [6, 6.07) is 11.0. The number of hydrogen-bond donors (Lipinski definition) is 4. The van der Waals surface area contributed by atoms with E-state index in [-0.39, 0.29) is 22.6 Å². The minimum absolute atomic E-state index is 0.177. The lowest BCUT2D eigenvalue weighted by Crippen LogP contribution is -2.39. The van der Waals surface area contributed by atoms with Crippen molar-refractivity contribution in [1.29, 1.82) is 0 Å². The van der Waals surface area contributed by atoms with Gasteiger partial charge in [0.05, 0.1) is 21.2 Å². The van der Waals surface area contributed by atoms with Crippen LogP contribution in [-0.4, -0.2) is 36.7 Å². The second-order valence-electron chi connectivity index (χ2n) is 6.60. The maximum atomic E-state index is 12.6. The molecule has 4 rings (SSSR count). The van der Waals surface area contributed by atoms with Crippen LogP contribution in [0.1, 0.15) is 18.0 Å². The summed E-state index contributed by atoms with van der Waals surface area (Å²) >= 11 is 1.22. The van der Waals surface area contributed by atoms with Crippen LogP contribution in [0.25, 0.3) is 10.2 Å². The fourth-order valence-corrected chi connectivity index (χ4v) is 4.73. The molecule has 3 aromatic rings. The van der Waals surface area contributed by atoms with Crippen LogP contribution >= 0.6 is 11.3 Å². The van der Waals surface area contributed by atoms with Crippen LogP contribution in [0, 0.1) is 0 Å². The van der Waals surface area contributed by atoms with E-state index in [0.29, 0.717) is 21.8 Å². The number of aromatic nitrogens is 1. The number of phenols is 1. The third kappa shape index (κ3) is 3.72. The number of carbonyl (C=O) groups is 1. The number of para-hydroxylation sites is 1. The monoisotopic (exact) mass is 418 g/mol. The molecular formula is C18H18N4O4S2. The van der Waals surface area contributed by atoms with Crippen molar-refractivity contribution >= 4 is 42.4 Å². The molecule has 2 atom stereocenters. The molecule has 0 bridgehead atoms. The molecule has 1 amide bonds. The van der Waals surface area contributed by atoms with E-state index in [1.54, 1.807) is 24.3 Å². The Labute approximate surface area is 165 Å². The van der Waals surface area contributed by atoms with Gasteiger partial charge >= 0.3 is 0 Å². The third-order valence-electron chi connectivity index (χ3n) is 4.55. The molecule has 2 aromatic carbocycles. The number of nitrogens with zero attached hydrogens (tertiary/aromatic N) is 1. The number of nitrogens with one attached hydrogen (secondary N) is 3. The van der Waals surface area contributed by atoms with Crippen LogP contribution in [-0.2, 0) is 14.6 Å². The minimum atomic E-state index is -3.30. The first-order valence-electron chi connectivity index (χ1n) is 8.52. The number of carbonyl (C=O) groups excluding carboxylic acids is 1. The van der Waals surface area contributed by atoms with E-state index in [1.807, 2.05) is 12.1 Å². The second kappa shape index (κ2) is 7.13. The van der Waals surface area contributed by atoms with Gasteiger partial charge < -0.3 is 10.4 Å². The zero-order valence-corrected chi connectivity index (χ0v) is 16.5. The summed E-state index contributed by atoms with van der Waals surface area (Å²) in [5.74, 6) is -0.0801. The van der Waals surface area contributed by atoms with Crippen molar-refractivity contribution in [3.05, 3.63) is 48.0 Å². The van der Waals surface area contributed by atoms with Crippen molar-refractivity contribution in [1.82, 2.24) is 15.8 Å². The SMILES string of the molecule is CS(=O)(=O)c1ccc2nc(NC(=O)C3CC(c4ccccc4O)NN3)sc2c1. The van der Waals surface area contributed by atoms with Gasteiger partial charge in [-0.2, -0.15) is 0 Å². The van der Waals surface area contributed by atoms with Gasteiger partial charge in [0.15, 0.2) is 15.0 Å². The lowest BCUT2D eigenvalue weighted by molar-refractivity contribution is -0.117. The molecule has 146 valence electrons. The number of hydrazine groups is 1. The van der Waals surface area contributed by atoms with Crippen molar-refractivity contribution in [3.8, 4) is 5.75 Å². The highest BCUT2D eigenvalue weighted by atomic mass is 32.2. The summed E-state index contributed by atoms with van der Waals surface area (Å²) in [6.45, 7) is 0. The molecule has 4 N–H and O–H groups in total. The highest BCUT2D eigenvalue weighted by Gasteiger charge is 2.31. The smallest absolute Gasteiger partial charge is 0.244 e. The Hall–Kier alpha value is -2.53. The van der Waals surface area contributed by atoms with Crippen molar-refractivity contribution in [2.45, 2.75) is 23.4 Å². The zero-order chi connectivity index (χ0) is 19.9. The van der Waals surface area contributed by atoms with Crippen LogP contribution in [0.3, 0.4) is 0 Å². The summed E-state index contributed by atoms with van der Waals surface area (Å²) in [7, 11) is -3.30. The maximum absolute atomic E-state index is 12.6. The number of hydrogen-bond acceptors (Lipinski definition) is 8. The molecule has 1 saturated heterocycles. The van der Waals surface area contributed by atoms with Gasteiger partial charge in [-0.3, -0.25) is 4.79 Å².